The van der Waals surface area contributed by atoms with Crippen LogP contribution in [-0.4, -0.2) is 40.3 Å². The van der Waals surface area contributed by atoms with Gasteiger partial charge in [0.2, 0.25) is 0 Å². The highest BCUT2D eigenvalue weighted by Gasteiger charge is 2.32. The molecule has 4 unspecified atom stereocenters. The lowest BCUT2D eigenvalue weighted by Crippen LogP contribution is -2.15. The Morgan fingerprint density at radius 2 is 2.27 bits per heavy atom. The summed E-state index contributed by atoms with van der Waals surface area (Å²) in [6.45, 7) is 6.49. The number of rotatable bonds is 13. The number of ketones is 1. The normalized spacial score (nSPS) is 21.3. The second-order valence-electron chi connectivity index (χ2n) is 8.07. The fraction of sp³-hybridized carbons (Fsp3) is 0.696. The molecule has 0 radical (unpaired) electrons. The fourth-order valence-corrected chi connectivity index (χ4v) is 5.76. The molecule has 1 aromatic heterocycles. The van der Waals surface area contributed by atoms with Crippen molar-refractivity contribution in [2.75, 3.05) is 12.4 Å². The fourth-order valence-electron chi connectivity index (χ4n) is 3.87. The van der Waals surface area contributed by atoms with Crippen molar-refractivity contribution in [2.24, 2.45) is 17.8 Å². The first-order valence-electron chi connectivity index (χ1n) is 11.1. The van der Waals surface area contributed by atoms with E-state index in [9.17, 15) is 14.7 Å². The Labute approximate surface area is 188 Å². The molecule has 0 saturated heterocycles. The largest absolute Gasteiger partial charge is 0.461 e. The molecule has 7 heteroatoms. The lowest BCUT2D eigenvalue weighted by atomic mass is 9.91. The van der Waals surface area contributed by atoms with Crippen LogP contribution in [0.3, 0.4) is 0 Å². The van der Waals surface area contributed by atoms with Crippen LogP contribution in [0.4, 0.5) is 0 Å². The van der Waals surface area contributed by atoms with Gasteiger partial charge >= 0.3 is 5.97 Å². The summed E-state index contributed by atoms with van der Waals surface area (Å²) in [7, 11) is 0. The third-order valence-corrected chi connectivity index (χ3v) is 7.61. The van der Waals surface area contributed by atoms with Crippen molar-refractivity contribution in [2.45, 2.75) is 76.2 Å². The molecule has 0 aromatic carbocycles. The zero-order valence-electron chi connectivity index (χ0n) is 18.3. The minimum absolute atomic E-state index is 0.0166. The third kappa shape index (κ3) is 8.16. The second-order valence-corrected chi connectivity index (χ2v) is 10.3. The molecule has 2 rings (SSSR count). The quantitative estimate of drug-likeness (QED) is 0.240. The number of carbonyl (C=O) groups is 2. The molecular formula is C23H35NO4S2. The van der Waals surface area contributed by atoms with Gasteiger partial charge < -0.3 is 9.84 Å². The number of thiazole rings is 1. The summed E-state index contributed by atoms with van der Waals surface area (Å²) in [5.41, 5.74) is 0.351. The summed E-state index contributed by atoms with van der Waals surface area (Å²) < 4.78 is 5.79. The van der Waals surface area contributed by atoms with Crippen molar-refractivity contribution >= 4 is 34.9 Å². The summed E-state index contributed by atoms with van der Waals surface area (Å²) >= 11 is 3.01. The van der Waals surface area contributed by atoms with Crippen molar-refractivity contribution in [1.82, 2.24) is 4.98 Å². The number of ether oxygens (including phenoxy) is 1. The molecule has 1 heterocycles. The Hall–Kier alpha value is -1.18. The Kier molecular flexibility index (Phi) is 11.1. The van der Waals surface area contributed by atoms with E-state index in [2.05, 4.69) is 24.9 Å². The molecule has 1 aliphatic carbocycles. The maximum atomic E-state index is 12.4. The first kappa shape index (κ1) is 25.1. The first-order valence-corrected chi connectivity index (χ1v) is 13.0. The number of aliphatic hydroxyl groups excluding tert-OH is 1. The van der Waals surface area contributed by atoms with Gasteiger partial charge in [-0.2, -0.15) is 0 Å². The average Bonchev–Trinajstić information content (AvgIpc) is 3.32. The van der Waals surface area contributed by atoms with E-state index >= 15 is 0 Å². The Bertz CT molecular complexity index is 703. The van der Waals surface area contributed by atoms with Crippen LogP contribution in [-0.2, 0) is 9.53 Å². The van der Waals surface area contributed by atoms with Gasteiger partial charge in [-0.15, -0.1) is 11.3 Å². The molecule has 1 N–H and O–H groups in total. The standard InChI is InChI=1S/C23H35NO4S2/c1-4-6-7-16(3)14-18(25)10-8-17-9-11-21(26)19(17)12-13-29-23-24-20(15-30-23)22(27)28-5-2/h8,10,15-19,25H,4-7,9,11-14H2,1-3H3. The van der Waals surface area contributed by atoms with Crippen LogP contribution >= 0.6 is 23.1 Å². The zero-order chi connectivity index (χ0) is 21.9. The summed E-state index contributed by atoms with van der Waals surface area (Å²) in [6.07, 6.45) is 10.1. The maximum absolute atomic E-state index is 12.4. The SMILES string of the molecule is CCCCC(C)CC(O)C=CC1CCC(=O)C1CCSc1nc(C(=O)OCC)cs1. The lowest BCUT2D eigenvalue weighted by Gasteiger charge is -2.16. The van der Waals surface area contributed by atoms with Gasteiger partial charge in [-0.1, -0.05) is 57.0 Å². The number of hydrogen-bond donors (Lipinski definition) is 1. The van der Waals surface area contributed by atoms with E-state index in [-0.39, 0.29) is 17.8 Å². The molecule has 4 atom stereocenters. The van der Waals surface area contributed by atoms with Crippen molar-refractivity contribution in [3.63, 3.8) is 0 Å². The van der Waals surface area contributed by atoms with Crippen molar-refractivity contribution < 1.29 is 19.4 Å². The first-order chi connectivity index (χ1) is 14.4. The number of Topliss-reactive ketones (excluding diaryl/α,β-unsaturated/α-hetero) is 1. The minimum atomic E-state index is -0.431. The smallest absolute Gasteiger partial charge is 0.357 e. The molecule has 30 heavy (non-hydrogen) atoms. The number of aromatic nitrogens is 1. The second kappa shape index (κ2) is 13.3. The third-order valence-electron chi connectivity index (χ3n) is 5.55. The van der Waals surface area contributed by atoms with Gasteiger partial charge in [-0.3, -0.25) is 4.79 Å². The molecule has 1 saturated carbocycles. The summed E-state index contributed by atoms with van der Waals surface area (Å²) in [5.74, 6) is 1.46. The Morgan fingerprint density at radius 1 is 1.47 bits per heavy atom. The van der Waals surface area contributed by atoms with Crippen LogP contribution < -0.4 is 0 Å². The number of esters is 1. The molecular weight excluding hydrogens is 418 g/mol. The summed E-state index contributed by atoms with van der Waals surface area (Å²) in [5, 5.41) is 12.0. The van der Waals surface area contributed by atoms with Crippen molar-refractivity contribution in [3.05, 3.63) is 23.2 Å². The number of allylic oxidation sites excluding steroid dienone is 1. The van der Waals surface area contributed by atoms with E-state index in [0.29, 0.717) is 30.4 Å². The Morgan fingerprint density at radius 3 is 3.00 bits per heavy atom. The predicted molar refractivity (Wildman–Crippen MR) is 123 cm³/mol. The van der Waals surface area contributed by atoms with E-state index in [1.807, 2.05) is 6.08 Å². The van der Waals surface area contributed by atoms with Crippen LogP contribution in [0.2, 0.25) is 0 Å². The highest BCUT2D eigenvalue weighted by atomic mass is 32.2. The van der Waals surface area contributed by atoms with Gasteiger partial charge in [-0.25, -0.2) is 9.78 Å². The van der Waals surface area contributed by atoms with Crippen molar-refractivity contribution in [3.8, 4) is 0 Å². The van der Waals surface area contributed by atoms with Crippen LogP contribution in [0.5, 0.6) is 0 Å². The summed E-state index contributed by atoms with van der Waals surface area (Å²) in [4.78, 5) is 28.4. The van der Waals surface area contributed by atoms with Crippen LogP contribution in [0.15, 0.2) is 21.9 Å². The highest BCUT2D eigenvalue weighted by molar-refractivity contribution is 8.01. The number of nitrogens with zero attached hydrogens (tertiary/aromatic N) is 1. The van der Waals surface area contributed by atoms with Gasteiger partial charge in [0, 0.05) is 23.5 Å². The molecule has 5 nitrogen and oxygen atoms in total. The predicted octanol–water partition coefficient (Wildman–Crippen LogP) is 5.53. The van der Waals surface area contributed by atoms with Crippen LogP contribution in [0.25, 0.3) is 0 Å². The van der Waals surface area contributed by atoms with Gasteiger partial charge in [0.1, 0.15) is 5.78 Å². The topological polar surface area (TPSA) is 76.5 Å². The molecule has 1 aliphatic rings. The monoisotopic (exact) mass is 453 g/mol. The number of hydrogen-bond acceptors (Lipinski definition) is 7. The van der Waals surface area contributed by atoms with Crippen molar-refractivity contribution in [1.29, 1.82) is 0 Å². The zero-order valence-corrected chi connectivity index (χ0v) is 20.0. The van der Waals surface area contributed by atoms with E-state index in [0.717, 1.165) is 35.8 Å². The van der Waals surface area contributed by atoms with Crippen LogP contribution in [0.1, 0.15) is 76.2 Å². The number of carbonyl (C=O) groups excluding carboxylic acids is 2. The molecule has 1 aromatic rings. The average molecular weight is 454 g/mol. The number of aliphatic hydroxyl groups is 1. The molecule has 168 valence electrons. The molecule has 0 bridgehead atoms. The Balaban J connectivity index is 1.80. The van der Waals surface area contributed by atoms with Gasteiger partial charge in [0.25, 0.3) is 0 Å². The molecule has 0 aliphatic heterocycles. The minimum Gasteiger partial charge on any atom is -0.461 e. The van der Waals surface area contributed by atoms with Gasteiger partial charge in [0.05, 0.1) is 12.7 Å². The maximum Gasteiger partial charge on any atom is 0.357 e. The number of thioether (sulfide) groups is 1. The summed E-state index contributed by atoms with van der Waals surface area (Å²) in [6, 6.07) is 0. The highest BCUT2D eigenvalue weighted by Crippen LogP contribution is 2.35. The molecule has 0 amide bonds. The number of unbranched alkanes of at least 4 members (excludes halogenated alkanes) is 1. The van der Waals surface area contributed by atoms with E-state index < -0.39 is 6.10 Å². The lowest BCUT2D eigenvalue weighted by molar-refractivity contribution is -0.121. The molecule has 0 spiro atoms. The van der Waals surface area contributed by atoms with Gasteiger partial charge in [0.15, 0.2) is 10.0 Å². The van der Waals surface area contributed by atoms with Crippen LogP contribution in [0, 0.1) is 17.8 Å². The van der Waals surface area contributed by atoms with E-state index in [4.69, 9.17) is 4.74 Å². The van der Waals surface area contributed by atoms with E-state index in [1.165, 1.54) is 24.2 Å². The molecule has 1 fully saturated rings. The van der Waals surface area contributed by atoms with E-state index in [1.54, 1.807) is 24.1 Å². The van der Waals surface area contributed by atoms with Gasteiger partial charge in [-0.05, 0) is 38.0 Å².